The average Bonchev–Trinajstić information content (AvgIpc) is 2.95. The highest BCUT2D eigenvalue weighted by molar-refractivity contribution is 8.26. The molecule has 0 bridgehead atoms. The molecule has 0 atom stereocenters. The molecular weight excluding hydrogens is 370 g/mol. The molecule has 0 N–H and O–H groups in total. The van der Waals surface area contributed by atoms with Gasteiger partial charge in [-0.25, -0.2) is 4.90 Å². The first-order chi connectivity index (χ1) is 12.5. The zero-order valence-electron chi connectivity index (χ0n) is 14.1. The first kappa shape index (κ1) is 18.2. The molecule has 26 heavy (non-hydrogen) atoms. The van der Waals surface area contributed by atoms with Crippen molar-refractivity contribution in [2.75, 3.05) is 14.2 Å². The number of hydrogen-bond acceptors (Lipinski definition) is 6. The van der Waals surface area contributed by atoms with Crippen molar-refractivity contribution in [1.29, 1.82) is 0 Å². The number of thioether (sulfide) groups is 1. The highest BCUT2D eigenvalue weighted by Gasteiger charge is 2.37. The zero-order valence-corrected chi connectivity index (χ0v) is 15.7. The van der Waals surface area contributed by atoms with Crippen molar-refractivity contribution in [3.63, 3.8) is 0 Å². The fourth-order valence-electron chi connectivity index (χ4n) is 2.43. The summed E-state index contributed by atoms with van der Waals surface area (Å²) in [7, 11) is 3.10. The molecule has 0 spiro atoms. The van der Waals surface area contributed by atoms with Crippen molar-refractivity contribution in [3.05, 3.63) is 64.6 Å². The van der Waals surface area contributed by atoms with Crippen molar-refractivity contribution < 1.29 is 19.1 Å². The van der Waals surface area contributed by atoms with Gasteiger partial charge in [0.15, 0.2) is 4.32 Å². The third kappa shape index (κ3) is 3.49. The Morgan fingerprint density at radius 3 is 2.50 bits per heavy atom. The Kier molecular flexibility index (Phi) is 5.39. The molecule has 0 saturated carbocycles. The number of nitrogens with zero attached hydrogens (tertiary/aromatic N) is 1. The first-order valence-electron chi connectivity index (χ1n) is 7.64. The van der Waals surface area contributed by atoms with Crippen LogP contribution in [0.3, 0.4) is 0 Å². The topological polar surface area (TPSA) is 55.8 Å². The van der Waals surface area contributed by atoms with E-state index in [1.807, 2.05) is 0 Å². The van der Waals surface area contributed by atoms with Crippen LogP contribution in [0.1, 0.15) is 15.9 Å². The van der Waals surface area contributed by atoms with E-state index < -0.39 is 11.8 Å². The predicted molar refractivity (Wildman–Crippen MR) is 105 cm³/mol. The summed E-state index contributed by atoms with van der Waals surface area (Å²) in [6.45, 7) is 0. The second kappa shape index (κ2) is 7.72. The number of amides is 2. The number of thiocarbonyl (C=S) groups is 1. The summed E-state index contributed by atoms with van der Waals surface area (Å²) in [6.07, 6.45) is 1.66. The summed E-state index contributed by atoms with van der Waals surface area (Å²) in [4.78, 5) is 26.7. The summed E-state index contributed by atoms with van der Waals surface area (Å²) in [5.41, 5.74) is 1.10. The minimum Gasteiger partial charge on any atom is -0.497 e. The normalized spacial score (nSPS) is 15.5. The number of carbonyl (C=O) groups is 2. The molecule has 5 nitrogen and oxygen atoms in total. The third-order valence-corrected chi connectivity index (χ3v) is 5.05. The number of benzene rings is 2. The van der Waals surface area contributed by atoms with Gasteiger partial charge in [0.1, 0.15) is 11.5 Å². The maximum atomic E-state index is 12.7. The summed E-state index contributed by atoms with van der Waals surface area (Å²) in [5.74, 6) is 0.333. The molecule has 1 aliphatic heterocycles. The van der Waals surface area contributed by atoms with Gasteiger partial charge in [-0.15, -0.1) is 0 Å². The van der Waals surface area contributed by atoms with E-state index in [4.69, 9.17) is 21.7 Å². The Morgan fingerprint density at radius 2 is 1.85 bits per heavy atom. The van der Waals surface area contributed by atoms with E-state index in [1.165, 1.54) is 7.11 Å². The van der Waals surface area contributed by atoms with Crippen molar-refractivity contribution in [2.24, 2.45) is 0 Å². The maximum Gasteiger partial charge on any atom is 0.273 e. The average molecular weight is 385 g/mol. The smallest absolute Gasteiger partial charge is 0.273 e. The van der Waals surface area contributed by atoms with Gasteiger partial charge in [-0.2, -0.15) is 0 Å². The maximum absolute atomic E-state index is 12.7. The summed E-state index contributed by atoms with van der Waals surface area (Å²) < 4.78 is 10.7. The number of rotatable bonds is 4. The van der Waals surface area contributed by atoms with Crippen LogP contribution in [0.4, 0.5) is 0 Å². The van der Waals surface area contributed by atoms with Gasteiger partial charge in [-0.3, -0.25) is 9.59 Å². The van der Waals surface area contributed by atoms with Gasteiger partial charge >= 0.3 is 0 Å². The second-order valence-corrected chi connectivity index (χ2v) is 6.97. The molecule has 132 valence electrons. The van der Waals surface area contributed by atoms with Gasteiger partial charge < -0.3 is 9.47 Å². The van der Waals surface area contributed by atoms with E-state index in [0.717, 1.165) is 16.7 Å². The van der Waals surface area contributed by atoms with Crippen LogP contribution in [0.25, 0.3) is 6.08 Å². The van der Waals surface area contributed by atoms with E-state index in [9.17, 15) is 9.59 Å². The van der Waals surface area contributed by atoms with Crippen LogP contribution in [0.15, 0.2) is 53.4 Å². The standard InChI is InChI=1S/C19H15NO4S2/c1-23-14-9-8-13(15(11-14)24-2)10-16-18(22)20(19(25)26-16)17(21)12-6-4-3-5-7-12/h3-11H,1-2H3. The first-order valence-corrected chi connectivity index (χ1v) is 8.87. The molecule has 0 unspecified atom stereocenters. The third-order valence-electron chi connectivity index (χ3n) is 3.74. The molecule has 1 heterocycles. The predicted octanol–water partition coefficient (Wildman–Crippen LogP) is 3.75. The zero-order chi connectivity index (χ0) is 18.7. The minimum absolute atomic E-state index is 0.211. The molecule has 2 amide bonds. The van der Waals surface area contributed by atoms with Crippen molar-refractivity contribution in [3.8, 4) is 11.5 Å². The van der Waals surface area contributed by atoms with Gasteiger partial charge in [0, 0.05) is 17.2 Å². The Bertz CT molecular complexity index is 909. The summed E-state index contributed by atoms with van der Waals surface area (Å²) >= 11 is 6.33. The lowest BCUT2D eigenvalue weighted by Gasteiger charge is -2.12. The summed E-state index contributed by atoms with van der Waals surface area (Å²) in [6, 6.07) is 13.9. The fraction of sp³-hybridized carbons (Fsp3) is 0.105. The molecule has 7 heteroatoms. The van der Waals surface area contributed by atoms with E-state index in [2.05, 4.69) is 0 Å². The van der Waals surface area contributed by atoms with Gasteiger partial charge in [0.25, 0.3) is 11.8 Å². The Labute approximate surface area is 160 Å². The van der Waals surface area contributed by atoms with E-state index in [0.29, 0.717) is 27.5 Å². The van der Waals surface area contributed by atoms with E-state index in [1.54, 1.807) is 61.7 Å². The quantitative estimate of drug-likeness (QED) is 0.454. The Balaban J connectivity index is 1.92. The molecule has 0 aliphatic carbocycles. The molecular formula is C19H15NO4S2. The molecule has 0 aromatic heterocycles. The molecule has 3 rings (SSSR count). The molecule has 2 aromatic rings. The Morgan fingerprint density at radius 1 is 1.12 bits per heavy atom. The van der Waals surface area contributed by atoms with Crippen LogP contribution in [0.2, 0.25) is 0 Å². The van der Waals surface area contributed by atoms with Gasteiger partial charge in [-0.1, -0.05) is 42.2 Å². The SMILES string of the molecule is COc1ccc(C=C2SC(=S)N(C(=O)c3ccccc3)C2=O)c(OC)c1. The van der Waals surface area contributed by atoms with Crippen molar-refractivity contribution in [1.82, 2.24) is 4.90 Å². The number of imide groups is 1. The van der Waals surface area contributed by atoms with E-state index >= 15 is 0 Å². The van der Waals surface area contributed by atoms with Crippen molar-refractivity contribution >= 4 is 46.2 Å². The lowest BCUT2D eigenvalue weighted by Crippen LogP contribution is -2.34. The summed E-state index contributed by atoms with van der Waals surface area (Å²) in [5, 5.41) is 0. The molecule has 1 saturated heterocycles. The van der Waals surface area contributed by atoms with Crippen LogP contribution in [-0.2, 0) is 4.79 Å². The van der Waals surface area contributed by atoms with Gasteiger partial charge in [-0.05, 0) is 30.3 Å². The fourth-order valence-corrected chi connectivity index (χ4v) is 3.68. The van der Waals surface area contributed by atoms with Crippen LogP contribution < -0.4 is 9.47 Å². The highest BCUT2D eigenvalue weighted by atomic mass is 32.2. The van der Waals surface area contributed by atoms with Crippen LogP contribution in [-0.4, -0.2) is 35.3 Å². The lowest BCUT2D eigenvalue weighted by atomic mass is 10.1. The highest BCUT2D eigenvalue weighted by Crippen LogP contribution is 2.36. The van der Waals surface area contributed by atoms with Gasteiger partial charge in [0.05, 0.1) is 19.1 Å². The molecule has 1 aliphatic rings. The molecule has 1 fully saturated rings. The number of ether oxygens (including phenoxy) is 2. The molecule has 0 radical (unpaired) electrons. The van der Waals surface area contributed by atoms with Crippen LogP contribution >= 0.6 is 24.0 Å². The van der Waals surface area contributed by atoms with Gasteiger partial charge in [0.2, 0.25) is 0 Å². The van der Waals surface area contributed by atoms with Crippen molar-refractivity contribution in [2.45, 2.75) is 0 Å². The lowest BCUT2D eigenvalue weighted by molar-refractivity contribution is -0.120. The number of methoxy groups -OCH3 is 2. The largest absolute Gasteiger partial charge is 0.497 e. The minimum atomic E-state index is -0.438. The van der Waals surface area contributed by atoms with Crippen LogP contribution in [0, 0.1) is 0 Å². The van der Waals surface area contributed by atoms with Crippen LogP contribution in [0.5, 0.6) is 11.5 Å². The number of hydrogen-bond donors (Lipinski definition) is 0. The second-order valence-electron chi connectivity index (χ2n) is 5.30. The Hall–Kier alpha value is -2.64. The monoisotopic (exact) mass is 385 g/mol. The molecule has 2 aromatic carbocycles. The van der Waals surface area contributed by atoms with E-state index in [-0.39, 0.29) is 4.32 Å². The number of carbonyl (C=O) groups excluding carboxylic acids is 2.